The number of carbonyl (C=O) groups excluding carboxylic acids is 2. The van der Waals surface area contributed by atoms with E-state index in [0.29, 0.717) is 25.1 Å². The first-order chi connectivity index (χ1) is 12.6. The molecule has 1 N–H and O–H groups in total. The highest BCUT2D eigenvalue weighted by atomic mass is 16.5. The van der Waals surface area contributed by atoms with E-state index in [1.54, 1.807) is 14.2 Å². The largest absolute Gasteiger partial charge is 0.497 e. The summed E-state index contributed by atoms with van der Waals surface area (Å²) in [5.74, 6) is 0.569. The molecule has 2 aliphatic rings. The van der Waals surface area contributed by atoms with Gasteiger partial charge in [0.05, 0.1) is 13.2 Å². The molecule has 7 nitrogen and oxygen atoms in total. The van der Waals surface area contributed by atoms with Crippen LogP contribution in [0, 0.1) is 0 Å². The van der Waals surface area contributed by atoms with E-state index in [1.807, 2.05) is 12.1 Å². The molecule has 7 heteroatoms. The molecule has 1 fully saturated rings. The normalized spacial score (nSPS) is 19.2. The van der Waals surface area contributed by atoms with Gasteiger partial charge in [0.25, 0.3) is 5.91 Å². The van der Waals surface area contributed by atoms with Crippen molar-refractivity contribution in [3.05, 3.63) is 29.8 Å². The molecular weight excluding hydrogens is 332 g/mol. The third-order valence-electron chi connectivity index (χ3n) is 5.01. The summed E-state index contributed by atoms with van der Waals surface area (Å²) in [7, 11) is 3.24. The lowest BCUT2D eigenvalue weighted by atomic mass is 10.0. The van der Waals surface area contributed by atoms with Crippen molar-refractivity contribution in [1.29, 1.82) is 0 Å². The van der Waals surface area contributed by atoms with Gasteiger partial charge in [-0.15, -0.1) is 0 Å². The van der Waals surface area contributed by atoms with Gasteiger partial charge in [-0.1, -0.05) is 12.1 Å². The molecule has 1 unspecified atom stereocenters. The van der Waals surface area contributed by atoms with E-state index in [0.717, 1.165) is 24.4 Å². The summed E-state index contributed by atoms with van der Waals surface area (Å²) >= 11 is 0. The van der Waals surface area contributed by atoms with E-state index in [2.05, 4.69) is 27.5 Å². The summed E-state index contributed by atoms with van der Waals surface area (Å²) < 4.78 is 5.24. The van der Waals surface area contributed by atoms with Crippen molar-refractivity contribution >= 4 is 17.5 Å². The fourth-order valence-corrected chi connectivity index (χ4v) is 3.46. The van der Waals surface area contributed by atoms with Gasteiger partial charge < -0.3 is 10.1 Å². The Balaban J connectivity index is 1.68. The van der Waals surface area contributed by atoms with E-state index in [9.17, 15) is 9.59 Å². The van der Waals surface area contributed by atoms with E-state index in [-0.39, 0.29) is 17.9 Å². The molecular formula is C19H26N4O3. The third kappa shape index (κ3) is 4.22. The van der Waals surface area contributed by atoms with Crippen LogP contribution in [-0.2, 0) is 9.59 Å². The molecule has 1 aromatic carbocycles. The van der Waals surface area contributed by atoms with Crippen LogP contribution in [0.2, 0.25) is 0 Å². The maximum atomic E-state index is 12.5. The minimum atomic E-state index is -0.193. The van der Waals surface area contributed by atoms with Crippen LogP contribution in [0.3, 0.4) is 0 Å². The molecule has 1 atom stereocenters. The topological polar surface area (TPSA) is 74.2 Å². The zero-order valence-electron chi connectivity index (χ0n) is 15.4. The van der Waals surface area contributed by atoms with Gasteiger partial charge in [-0.3, -0.25) is 14.5 Å². The summed E-state index contributed by atoms with van der Waals surface area (Å²) in [6.45, 7) is 2.58. The molecule has 2 amide bonds. The predicted octanol–water partition coefficient (Wildman–Crippen LogP) is 1.56. The van der Waals surface area contributed by atoms with Crippen LogP contribution < -0.4 is 10.1 Å². The number of benzene rings is 1. The molecule has 1 saturated heterocycles. The van der Waals surface area contributed by atoms with Crippen LogP contribution in [0.4, 0.5) is 0 Å². The minimum absolute atomic E-state index is 0.0604. The highest BCUT2D eigenvalue weighted by Gasteiger charge is 2.26. The van der Waals surface area contributed by atoms with Gasteiger partial charge in [0.1, 0.15) is 11.5 Å². The van der Waals surface area contributed by atoms with Crippen LogP contribution in [0.25, 0.3) is 0 Å². The second kappa shape index (κ2) is 8.31. The number of nitrogens with zero attached hydrogens (tertiary/aromatic N) is 3. The molecule has 2 aliphatic heterocycles. The predicted molar refractivity (Wildman–Crippen MR) is 99.0 cm³/mol. The van der Waals surface area contributed by atoms with Gasteiger partial charge in [0, 0.05) is 26.4 Å². The molecule has 0 aliphatic carbocycles. The summed E-state index contributed by atoms with van der Waals surface area (Å²) in [5, 5.41) is 8.35. The van der Waals surface area contributed by atoms with Crippen LogP contribution in [0.5, 0.6) is 5.75 Å². The number of hydrogen-bond donors (Lipinski definition) is 1. The summed E-state index contributed by atoms with van der Waals surface area (Å²) in [6, 6.07) is 8.13. The number of hydrazone groups is 1. The van der Waals surface area contributed by atoms with E-state index >= 15 is 0 Å². The Bertz CT molecular complexity index is 681. The van der Waals surface area contributed by atoms with Crippen LogP contribution in [0.15, 0.2) is 29.4 Å². The number of rotatable bonds is 6. The van der Waals surface area contributed by atoms with E-state index in [1.165, 1.54) is 17.9 Å². The zero-order valence-corrected chi connectivity index (χ0v) is 15.4. The lowest BCUT2D eigenvalue weighted by molar-refractivity contribution is -0.130. The summed E-state index contributed by atoms with van der Waals surface area (Å²) in [6.07, 6.45) is 3.09. The van der Waals surface area contributed by atoms with Crippen molar-refractivity contribution in [2.45, 2.75) is 31.7 Å². The molecule has 140 valence electrons. The van der Waals surface area contributed by atoms with E-state index in [4.69, 9.17) is 4.74 Å². The third-order valence-corrected chi connectivity index (χ3v) is 5.01. The Hall–Kier alpha value is -2.41. The average Bonchev–Trinajstić information content (AvgIpc) is 3.19. The second-order valence-corrected chi connectivity index (χ2v) is 6.71. The number of likely N-dealkylation sites (tertiary alicyclic amines) is 1. The van der Waals surface area contributed by atoms with E-state index < -0.39 is 0 Å². The van der Waals surface area contributed by atoms with Crippen molar-refractivity contribution in [2.75, 3.05) is 33.8 Å². The molecule has 0 saturated carbocycles. The quantitative estimate of drug-likeness (QED) is 0.837. The average molecular weight is 358 g/mol. The standard InChI is InChI=1S/C19H26N4O3/c1-22-18(24)10-9-16(21-22)19(25)20-13-17(23-11-3-4-12-23)14-5-7-15(26-2)8-6-14/h5-8,17H,3-4,9-13H2,1-2H3,(H,20,25). The van der Waals surface area contributed by atoms with Gasteiger partial charge in [0.2, 0.25) is 5.91 Å². The molecule has 0 bridgehead atoms. The highest BCUT2D eigenvalue weighted by molar-refractivity contribution is 6.39. The first-order valence-corrected chi connectivity index (χ1v) is 9.08. The minimum Gasteiger partial charge on any atom is -0.497 e. The number of carbonyl (C=O) groups is 2. The molecule has 1 aromatic rings. The Morgan fingerprint density at radius 2 is 1.92 bits per heavy atom. The Morgan fingerprint density at radius 3 is 2.54 bits per heavy atom. The molecule has 2 heterocycles. The molecule has 0 radical (unpaired) electrons. The number of ether oxygens (including phenoxy) is 1. The van der Waals surface area contributed by atoms with Crippen molar-refractivity contribution < 1.29 is 14.3 Å². The maximum absolute atomic E-state index is 12.5. The van der Waals surface area contributed by atoms with Gasteiger partial charge in [-0.25, -0.2) is 5.01 Å². The second-order valence-electron chi connectivity index (χ2n) is 6.71. The van der Waals surface area contributed by atoms with Crippen molar-refractivity contribution in [2.24, 2.45) is 5.10 Å². The zero-order chi connectivity index (χ0) is 18.5. The van der Waals surface area contributed by atoms with Crippen LogP contribution >= 0.6 is 0 Å². The first-order valence-electron chi connectivity index (χ1n) is 9.08. The summed E-state index contributed by atoms with van der Waals surface area (Å²) in [5.41, 5.74) is 1.58. The van der Waals surface area contributed by atoms with Crippen LogP contribution in [-0.4, -0.2) is 61.2 Å². The Morgan fingerprint density at radius 1 is 1.23 bits per heavy atom. The smallest absolute Gasteiger partial charge is 0.267 e. The highest BCUT2D eigenvalue weighted by Crippen LogP contribution is 2.26. The fraction of sp³-hybridized carbons (Fsp3) is 0.526. The molecule has 26 heavy (non-hydrogen) atoms. The number of methoxy groups -OCH3 is 1. The number of nitrogens with one attached hydrogen (secondary N) is 1. The molecule has 0 aromatic heterocycles. The SMILES string of the molecule is COc1ccc(C(CNC(=O)C2=NN(C)C(=O)CC2)N2CCCC2)cc1. The van der Waals surface area contributed by atoms with Gasteiger partial charge >= 0.3 is 0 Å². The van der Waals surface area contributed by atoms with Gasteiger partial charge in [-0.05, 0) is 43.6 Å². The van der Waals surface area contributed by atoms with Gasteiger partial charge in [-0.2, -0.15) is 5.10 Å². The first kappa shape index (κ1) is 18.4. The van der Waals surface area contributed by atoms with Crippen molar-refractivity contribution in [1.82, 2.24) is 15.2 Å². The Labute approximate surface area is 154 Å². The lowest BCUT2D eigenvalue weighted by Gasteiger charge is -2.28. The van der Waals surface area contributed by atoms with Crippen molar-refractivity contribution in [3.63, 3.8) is 0 Å². The lowest BCUT2D eigenvalue weighted by Crippen LogP contribution is -2.41. The van der Waals surface area contributed by atoms with Gasteiger partial charge in [0.15, 0.2) is 0 Å². The molecule has 0 spiro atoms. The molecule has 3 rings (SSSR count). The number of hydrogen-bond acceptors (Lipinski definition) is 5. The summed E-state index contributed by atoms with van der Waals surface area (Å²) in [4.78, 5) is 26.4. The monoisotopic (exact) mass is 358 g/mol. The maximum Gasteiger partial charge on any atom is 0.267 e. The number of amides is 2. The van der Waals surface area contributed by atoms with Crippen molar-refractivity contribution in [3.8, 4) is 5.75 Å². The Kier molecular flexibility index (Phi) is 5.88. The van der Waals surface area contributed by atoms with Crippen LogP contribution in [0.1, 0.15) is 37.3 Å². The fourth-order valence-electron chi connectivity index (χ4n) is 3.46.